The van der Waals surface area contributed by atoms with Gasteiger partial charge in [-0.25, -0.2) is 0 Å². The monoisotopic (exact) mass is 428 g/mol. The highest BCUT2D eigenvalue weighted by molar-refractivity contribution is 7.99. The van der Waals surface area contributed by atoms with Crippen LogP contribution in [0.25, 0.3) is 16.8 Å². The van der Waals surface area contributed by atoms with Crippen LogP contribution in [0.1, 0.15) is 24.1 Å². The molecule has 1 atom stereocenters. The Labute approximate surface area is 186 Å². The van der Waals surface area contributed by atoms with Crippen molar-refractivity contribution in [2.45, 2.75) is 25.0 Å². The van der Waals surface area contributed by atoms with Crippen LogP contribution in [0.5, 0.6) is 0 Å². The number of hydrogen-bond donors (Lipinski definition) is 1. The lowest BCUT2D eigenvalue weighted by Gasteiger charge is -2.15. The van der Waals surface area contributed by atoms with Gasteiger partial charge in [-0.1, -0.05) is 84.6 Å². The number of thioether (sulfide) groups is 1. The van der Waals surface area contributed by atoms with Crippen LogP contribution in [-0.2, 0) is 4.79 Å². The van der Waals surface area contributed by atoms with Gasteiger partial charge in [0, 0.05) is 0 Å². The first kappa shape index (κ1) is 20.9. The summed E-state index contributed by atoms with van der Waals surface area (Å²) in [4.78, 5) is 12.5. The number of carbonyl (C=O) groups is 1. The number of aromatic nitrogens is 3. The molecule has 0 saturated heterocycles. The second kappa shape index (κ2) is 9.62. The quantitative estimate of drug-likeness (QED) is 0.411. The van der Waals surface area contributed by atoms with E-state index in [1.54, 1.807) is 6.33 Å². The Morgan fingerprint density at radius 3 is 2.39 bits per heavy atom. The zero-order valence-electron chi connectivity index (χ0n) is 17.5. The molecule has 0 aliphatic rings. The van der Waals surface area contributed by atoms with Crippen molar-refractivity contribution in [3.8, 4) is 16.8 Å². The van der Waals surface area contributed by atoms with E-state index >= 15 is 0 Å². The molecule has 31 heavy (non-hydrogen) atoms. The van der Waals surface area contributed by atoms with Gasteiger partial charge < -0.3 is 5.32 Å². The van der Waals surface area contributed by atoms with Crippen LogP contribution in [0.15, 0.2) is 90.3 Å². The van der Waals surface area contributed by atoms with Crippen LogP contribution < -0.4 is 5.32 Å². The summed E-state index contributed by atoms with van der Waals surface area (Å²) in [5.41, 5.74) is 5.55. The van der Waals surface area contributed by atoms with Crippen molar-refractivity contribution in [2.24, 2.45) is 0 Å². The lowest BCUT2D eigenvalue weighted by Crippen LogP contribution is -2.28. The number of benzene rings is 3. The van der Waals surface area contributed by atoms with Gasteiger partial charge in [0.05, 0.1) is 17.5 Å². The van der Waals surface area contributed by atoms with Crippen molar-refractivity contribution in [1.29, 1.82) is 0 Å². The minimum absolute atomic E-state index is 0.0380. The summed E-state index contributed by atoms with van der Waals surface area (Å²) >= 11 is 1.38. The molecule has 1 aromatic heterocycles. The fourth-order valence-corrected chi connectivity index (χ4v) is 4.15. The highest BCUT2D eigenvalue weighted by atomic mass is 32.2. The van der Waals surface area contributed by atoms with Gasteiger partial charge >= 0.3 is 0 Å². The molecule has 0 spiro atoms. The SMILES string of the molecule is Cc1ccccc1-n1cnnc1SCC(=O)NC(C)c1ccc(-c2ccccc2)cc1. The van der Waals surface area contributed by atoms with Crippen LogP contribution in [0.3, 0.4) is 0 Å². The molecule has 1 amide bonds. The van der Waals surface area contributed by atoms with Crippen LogP contribution in [-0.4, -0.2) is 26.4 Å². The second-order valence-corrected chi connectivity index (χ2v) is 8.28. The Bertz CT molecular complexity index is 1160. The molecule has 0 radical (unpaired) electrons. The largest absolute Gasteiger partial charge is 0.349 e. The number of amides is 1. The number of nitrogens with zero attached hydrogens (tertiary/aromatic N) is 3. The average molecular weight is 429 g/mol. The Balaban J connectivity index is 1.36. The van der Waals surface area contributed by atoms with Gasteiger partial charge in [-0.2, -0.15) is 0 Å². The molecule has 0 bridgehead atoms. The Hall–Kier alpha value is -3.38. The van der Waals surface area contributed by atoms with Gasteiger partial charge in [-0.3, -0.25) is 9.36 Å². The smallest absolute Gasteiger partial charge is 0.230 e. The molecule has 0 aliphatic carbocycles. The molecule has 0 saturated carbocycles. The lowest BCUT2D eigenvalue weighted by molar-refractivity contribution is -0.119. The summed E-state index contributed by atoms with van der Waals surface area (Å²) in [6.07, 6.45) is 1.68. The number of carbonyl (C=O) groups excluding carboxylic acids is 1. The zero-order chi connectivity index (χ0) is 21.6. The predicted octanol–water partition coefficient (Wildman–Crippen LogP) is 5.21. The number of aryl methyl sites for hydroxylation is 1. The van der Waals surface area contributed by atoms with Crippen molar-refractivity contribution < 1.29 is 4.79 Å². The van der Waals surface area contributed by atoms with Crippen LogP contribution in [0.4, 0.5) is 0 Å². The van der Waals surface area contributed by atoms with Crippen LogP contribution in [0.2, 0.25) is 0 Å². The summed E-state index contributed by atoms with van der Waals surface area (Å²) in [6, 6.07) is 26.5. The molecule has 6 heteroatoms. The third-order valence-electron chi connectivity index (χ3n) is 5.12. The zero-order valence-corrected chi connectivity index (χ0v) is 18.3. The van der Waals surface area contributed by atoms with Crippen molar-refractivity contribution >= 4 is 17.7 Å². The first-order valence-electron chi connectivity index (χ1n) is 10.2. The van der Waals surface area contributed by atoms with E-state index in [-0.39, 0.29) is 17.7 Å². The third kappa shape index (κ3) is 5.03. The molecule has 4 rings (SSSR count). The maximum atomic E-state index is 12.5. The second-order valence-electron chi connectivity index (χ2n) is 7.34. The summed E-state index contributed by atoms with van der Waals surface area (Å²) in [5.74, 6) is 0.237. The molecule has 1 N–H and O–H groups in total. The van der Waals surface area contributed by atoms with E-state index in [1.807, 2.05) is 60.9 Å². The van der Waals surface area contributed by atoms with Crippen LogP contribution >= 0.6 is 11.8 Å². The topological polar surface area (TPSA) is 59.8 Å². The normalized spacial score (nSPS) is 11.8. The molecule has 156 valence electrons. The molecule has 1 unspecified atom stereocenters. The summed E-state index contributed by atoms with van der Waals surface area (Å²) in [6.45, 7) is 4.04. The number of hydrogen-bond acceptors (Lipinski definition) is 4. The van der Waals surface area contributed by atoms with Gasteiger partial charge in [0.25, 0.3) is 0 Å². The molecule has 4 aromatic rings. The summed E-state index contributed by atoms with van der Waals surface area (Å²) in [5, 5.41) is 12.0. The summed E-state index contributed by atoms with van der Waals surface area (Å²) < 4.78 is 1.92. The van der Waals surface area contributed by atoms with Gasteiger partial charge in [-0.15, -0.1) is 10.2 Å². The predicted molar refractivity (Wildman–Crippen MR) is 125 cm³/mol. The van der Waals surface area contributed by atoms with E-state index in [2.05, 4.69) is 51.9 Å². The fourth-order valence-electron chi connectivity index (χ4n) is 3.41. The van der Waals surface area contributed by atoms with E-state index in [0.29, 0.717) is 5.16 Å². The molecular formula is C25H24N4OS. The maximum Gasteiger partial charge on any atom is 0.230 e. The van der Waals surface area contributed by atoms with E-state index in [1.165, 1.54) is 17.3 Å². The number of para-hydroxylation sites is 1. The van der Waals surface area contributed by atoms with E-state index in [0.717, 1.165) is 22.4 Å². The first-order chi connectivity index (χ1) is 15.1. The van der Waals surface area contributed by atoms with Crippen LogP contribution in [0, 0.1) is 6.92 Å². The molecular weight excluding hydrogens is 404 g/mol. The van der Waals surface area contributed by atoms with E-state index < -0.39 is 0 Å². The minimum Gasteiger partial charge on any atom is -0.349 e. The van der Waals surface area contributed by atoms with Crippen molar-refractivity contribution in [2.75, 3.05) is 5.75 Å². The van der Waals surface area contributed by atoms with Crippen molar-refractivity contribution in [3.05, 3.63) is 96.3 Å². The number of nitrogens with one attached hydrogen (secondary N) is 1. The Morgan fingerprint density at radius 2 is 1.65 bits per heavy atom. The highest BCUT2D eigenvalue weighted by Crippen LogP contribution is 2.23. The molecule has 1 heterocycles. The summed E-state index contributed by atoms with van der Waals surface area (Å²) in [7, 11) is 0. The molecule has 0 fully saturated rings. The van der Waals surface area contributed by atoms with Crippen molar-refractivity contribution in [3.63, 3.8) is 0 Å². The van der Waals surface area contributed by atoms with E-state index in [9.17, 15) is 4.79 Å². The Morgan fingerprint density at radius 1 is 0.968 bits per heavy atom. The third-order valence-corrected chi connectivity index (χ3v) is 6.06. The standard InChI is InChI=1S/C25H24N4OS/c1-18-8-6-7-11-23(18)29-17-26-28-25(29)31-16-24(30)27-19(2)20-12-14-22(15-13-20)21-9-4-3-5-10-21/h3-15,17,19H,16H2,1-2H3,(H,27,30). The van der Waals surface area contributed by atoms with Gasteiger partial charge in [0.1, 0.15) is 6.33 Å². The van der Waals surface area contributed by atoms with E-state index in [4.69, 9.17) is 0 Å². The van der Waals surface area contributed by atoms with Gasteiger partial charge in [0.2, 0.25) is 5.91 Å². The average Bonchev–Trinajstić information content (AvgIpc) is 3.27. The first-order valence-corrected chi connectivity index (χ1v) is 11.1. The van der Waals surface area contributed by atoms with Crippen molar-refractivity contribution in [1.82, 2.24) is 20.1 Å². The minimum atomic E-state index is -0.0767. The molecule has 0 aliphatic heterocycles. The maximum absolute atomic E-state index is 12.5. The molecule has 3 aromatic carbocycles. The molecule has 5 nitrogen and oxygen atoms in total. The van der Waals surface area contributed by atoms with Gasteiger partial charge in [-0.05, 0) is 42.2 Å². The lowest BCUT2D eigenvalue weighted by atomic mass is 10.0. The highest BCUT2D eigenvalue weighted by Gasteiger charge is 2.14. The van der Waals surface area contributed by atoms with Gasteiger partial charge in [0.15, 0.2) is 5.16 Å². The fraction of sp³-hybridized carbons (Fsp3) is 0.160. The Kier molecular flexibility index (Phi) is 6.48. The number of rotatable bonds is 7.